The molecule has 4 amide bonds. The first-order chi connectivity index (χ1) is 59.7. The second kappa shape index (κ2) is 38.4. The van der Waals surface area contributed by atoms with E-state index in [0.29, 0.717) is 64.1 Å². The van der Waals surface area contributed by atoms with Gasteiger partial charge < -0.3 is 33.5 Å². The van der Waals surface area contributed by atoms with Crippen LogP contribution >= 0.6 is 0 Å². The molecule has 16 rings (SSSR count). The van der Waals surface area contributed by atoms with Crippen molar-refractivity contribution >= 4 is 41.4 Å². The number of imide groups is 2. The molecule has 0 aliphatic carbocycles. The predicted octanol–water partition coefficient (Wildman–Crippen LogP) is 21.5. The third-order valence-corrected chi connectivity index (χ3v) is 22.3. The first kappa shape index (κ1) is 80.4. The van der Waals surface area contributed by atoms with Crippen LogP contribution < -0.4 is 20.4 Å². The largest absolute Gasteiger partial charge is 0.457 e. The van der Waals surface area contributed by atoms with Crippen molar-refractivity contribution in [1.29, 1.82) is 0 Å². The summed E-state index contributed by atoms with van der Waals surface area (Å²) in [6.45, 7) is 3.19. The summed E-state index contributed by atoms with van der Waals surface area (Å²) in [6.07, 6.45) is 10.7. The third kappa shape index (κ3) is 17.9. The fourth-order valence-corrected chi connectivity index (χ4v) is 16.6. The van der Waals surface area contributed by atoms with Gasteiger partial charge in [-0.25, -0.2) is 4.79 Å². The van der Waals surface area contributed by atoms with E-state index in [1.807, 2.05) is 109 Å². The number of ether oxygens (including phenoxy) is 5. The number of allylic oxidation sites excluding steroid dienone is 5. The van der Waals surface area contributed by atoms with Crippen molar-refractivity contribution in [3.63, 3.8) is 0 Å². The lowest BCUT2D eigenvalue weighted by Crippen LogP contribution is -2.51. The molecule has 14 aromatic carbocycles. The van der Waals surface area contributed by atoms with Gasteiger partial charge in [0.25, 0.3) is 11.8 Å². The molecule has 596 valence electrons. The van der Waals surface area contributed by atoms with E-state index in [1.165, 1.54) is 0 Å². The Morgan fingerprint density at radius 1 is 0.248 bits per heavy atom. The van der Waals surface area contributed by atoms with Gasteiger partial charge in [-0.1, -0.05) is 400 Å². The zero-order valence-electron chi connectivity index (χ0n) is 67.0. The van der Waals surface area contributed by atoms with Gasteiger partial charge in [-0.2, -0.15) is 0 Å². The molecule has 1 saturated heterocycles. The van der Waals surface area contributed by atoms with Gasteiger partial charge in [-0.3, -0.25) is 20.2 Å². The summed E-state index contributed by atoms with van der Waals surface area (Å²) in [5.74, 6) is -0.987. The molecule has 0 bridgehead atoms. The van der Waals surface area contributed by atoms with Crippen molar-refractivity contribution in [2.45, 2.75) is 22.4 Å². The molecule has 12 heteroatoms. The van der Waals surface area contributed by atoms with Crippen molar-refractivity contribution in [3.8, 4) is 0 Å². The van der Waals surface area contributed by atoms with E-state index in [4.69, 9.17) is 23.7 Å². The second-order valence-electron chi connectivity index (χ2n) is 29.6. The molecule has 2 aliphatic heterocycles. The van der Waals surface area contributed by atoms with E-state index in [2.05, 4.69) is 336 Å². The SMILES string of the molecule is O=C1NC(=O)C(=C2C=C(/C=C/c3ccc(N(CCOC(c4ccccc4)(c4ccccc4)c4ccccc4)CCOC(c4ccccc4)(c4ccccc4)c4ccccc4)cc3)OC(/C=C/c3ccc(N(CCOC(c4ccccc4)(c4ccccc4)c4ccccc4)CCOC(c4ccccc4)(c4ccccc4)c4ccccc4)cc3)=C2)C(=O)N1. The summed E-state index contributed by atoms with van der Waals surface area (Å²) in [5.41, 5.74) is 11.8. The van der Waals surface area contributed by atoms with Gasteiger partial charge in [-0.05, 0) is 126 Å². The fourth-order valence-electron chi connectivity index (χ4n) is 16.6. The van der Waals surface area contributed by atoms with E-state index < -0.39 is 40.2 Å². The monoisotopic (exact) mass is 1580 g/mol. The molecule has 0 radical (unpaired) electrons. The average Bonchev–Trinajstić information content (AvgIpc) is 0.769. The lowest BCUT2D eigenvalue weighted by Gasteiger charge is -2.38. The van der Waals surface area contributed by atoms with Crippen LogP contribution in [0.15, 0.2) is 459 Å². The molecule has 121 heavy (non-hydrogen) atoms. The second-order valence-corrected chi connectivity index (χ2v) is 29.6. The topological polar surface area (TPSA) is 128 Å². The number of amides is 4. The van der Waals surface area contributed by atoms with E-state index in [9.17, 15) is 14.4 Å². The van der Waals surface area contributed by atoms with E-state index in [1.54, 1.807) is 24.3 Å². The Hall–Kier alpha value is -14.4. The Kier molecular flexibility index (Phi) is 25.5. The molecule has 0 aromatic heterocycles. The Morgan fingerprint density at radius 2 is 0.438 bits per heavy atom. The maximum atomic E-state index is 13.7. The van der Waals surface area contributed by atoms with Crippen LogP contribution in [0.3, 0.4) is 0 Å². The van der Waals surface area contributed by atoms with Crippen LogP contribution in [0.5, 0.6) is 0 Å². The van der Waals surface area contributed by atoms with Crippen LogP contribution in [0.25, 0.3) is 12.2 Å². The van der Waals surface area contributed by atoms with Gasteiger partial charge in [0.1, 0.15) is 39.5 Å². The van der Waals surface area contributed by atoms with Gasteiger partial charge >= 0.3 is 6.03 Å². The van der Waals surface area contributed by atoms with Crippen LogP contribution in [-0.2, 0) is 55.7 Å². The van der Waals surface area contributed by atoms with Crippen molar-refractivity contribution < 1.29 is 38.1 Å². The third-order valence-electron chi connectivity index (χ3n) is 22.3. The molecule has 2 N–H and O–H groups in total. The van der Waals surface area contributed by atoms with Crippen molar-refractivity contribution in [2.75, 3.05) is 62.4 Å². The highest BCUT2D eigenvalue weighted by atomic mass is 16.5. The van der Waals surface area contributed by atoms with Crippen molar-refractivity contribution in [2.24, 2.45) is 0 Å². The van der Waals surface area contributed by atoms with Crippen LogP contribution in [0.1, 0.15) is 77.9 Å². The number of carbonyl (C=O) groups is 3. The van der Waals surface area contributed by atoms with Crippen LogP contribution in [0, 0.1) is 0 Å². The number of benzene rings is 14. The average molecular weight is 1590 g/mol. The highest BCUT2D eigenvalue weighted by Gasteiger charge is 2.42. The first-order valence-corrected chi connectivity index (χ1v) is 41.0. The molecular weight excluding hydrogens is 1490 g/mol. The summed E-state index contributed by atoms with van der Waals surface area (Å²) in [6, 6.07) is 141. The molecule has 0 unspecified atom stereocenters. The molecule has 0 saturated carbocycles. The molecule has 12 nitrogen and oxygen atoms in total. The number of rotatable bonds is 34. The number of hydrogen-bond donors (Lipinski definition) is 2. The highest BCUT2D eigenvalue weighted by molar-refractivity contribution is 6.29. The number of urea groups is 1. The predicted molar refractivity (Wildman–Crippen MR) is 482 cm³/mol. The minimum atomic E-state index is -0.956. The van der Waals surface area contributed by atoms with E-state index in [0.717, 1.165) is 89.3 Å². The summed E-state index contributed by atoms with van der Waals surface area (Å²) in [7, 11) is 0. The minimum absolute atomic E-state index is 0.237. The summed E-state index contributed by atoms with van der Waals surface area (Å²) >= 11 is 0. The number of carbonyl (C=O) groups excluding carboxylic acids is 3. The number of nitrogens with zero attached hydrogens (tertiary/aromatic N) is 2. The molecule has 0 atom stereocenters. The summed E-state index contributed by atoms with van der Waals surface area (Å²) in [4.78, 5) is 44.5. The Bertz CT molecular complexity index is 4880. The van der Waals surface area contributed by atoms with Gasteiger partial charge in [0.15, 0.2) is 0 Å². The number of hydrogen-bond acceptors (Lipinski definition) is 10. The Morgan fingerprint density at radius 3 is 0.628 bits per heavy atom. The number of barbiturate groups is 1. The van der Waals surface area contributed by atoms with Gasteiger partial charge in [-0.15, -0.1) is 0 Å². The fraction of sp³-hybridized carbons (Fsp3) is 0.110. The lowest BCUT2D eigenvalue weighted by atomic mass is 9.80. The Labute approximate surface area is 708 Å². The molecule has 2 heterocycles. The van der Waals surface area contributed by atoms with E-state index >= 15 is 0 Å². The zero-order valence-corrected chi connectivity index (χ0v) is 67.0. The van der Waals surface area contributed by atoms with Crippen LogP contribution in [0.4, 0.5) is 16.2 Å². The summed E-state index contributed by atoms with van der Waals surface area (Å²) in [5, 5.41) is 4.52. The van der Waals surface area contributed by atoms with Gasteiger partial charge in [0.05, 0.1) is 26.4 Å². The quantitative estimate of drug-likeness (QED) is 0.0229. The molecule has 1 fully saturated rings. The zero-order chi connectivity index (χ0) is 82.4. The lowest BCUT2D eigenvalue weighted by molar-refractivity contribution is -0.124. The smallest absolute Gasteiger partial charge is 0.328 e. The normalized spacial score (nSPS) is 13.3. The first-order valence-electron chi connectivity index (χ1n) is 41.0. The van der Waals surface area contributed by atoms with Gasteiger partial charge in [0, 0.05) is 43.1 Å². The Balaban J connectivity index is 0.691. The standard InChI is InChI=1S/C109H92N4O8/c114-103-102(104(115)111-105(116)110-103)85-81-100(71-65-83-61-67-98(68-62-83)112(73-77-117-106(86-37-13-1-14-38-86,87-39-15-2-16-40-87)88-41-17-3-18-42-88)74-78-118-107(89-43-19-4-20-44-89,90-45-21-5-22-46-90)91-47-23-6-24-48-91)121-101(82-85)72-66-84-63-69-99(70-64-84)113(75-79-119-108(92-49-25-7-26-50-92,93-51-27-8-28-52-93)94-53-29-9-30-54-94)76-80-120-109(95-55-31-10-32-56-95,96-57-33-11-34-58-96)97-59-35-12-36-60-97/h1-72,81-82H,73-80H2,(H2,110,111,114,115,116)/b71-65+,72-66+. The van der Waals surface area contributed by atoms with Crippen molar-refractivity contribution in [1.82, 2.24) is 10.6 Å². The summed E-state index contributed by atoms with van der Waals surface area (Å²) < 4.78 is 36.5. The van der Waals surface area contributed by atoms with Crippen molar-refractivity contribution in [3.05, 3.63) is 537 Å². The van der Waals surface area contributed by atoms with E-state index in [-0.39, 0.29) is 11.1 Å². The van der Waals surface area contributed by atoms with Crippen LogP contribution in [-0.4, -0.2) is 70.5 Å². The molecular formula is C109H92N4O8. The van der Waals surface area contributed by atoms with Gasteiger partial charge in [0.2, 0.25) is 0 Å². The van der Waals surface area contributed by atoms with Crippen LogP contribution in [0.2, 0.25) is 0 Å². The molecule has 14 aromatic rings. The highest BCUT2D eigenvalue weighted by Crippen LogP contribution is 2.46. The number of anilines is 2. The molecule has 2 aliphatic rings. The maximum Gasteiger partial charge on any atom is 0.328 e. The molecule has 0 spiro atoms. The maximum absolute atomic E-state index is 13.7. The minimum Gasteiger partial charge on any atom is -0.457 e. The number of nitrogens with one attached hydrogen (secondary N) is 2.